The van der Waals surface area contributed by atoms with Gasteiger partial charge in [0.1, 0.15) is 5.82 Å². The van der Waals surface area contributed by atoms with Crippen molar-refractivity contribution in [1.29, 1.82) is 0 Å². The maximum absolute atomic E-state index is 14.1. The summed E-state index contributed by atoms with van der Waals surface area (Å²) >= 11 is 0. The quantitative estimate of drug-likeness (QED) is 0.475. The highest BCUT2D eigenvalue weighted by Crippen LogP contribution is 2.54. The van der Waals surface area contributed by atoms with Crippen molar-refractivity contribution in [2.24, 2.45) is 0 Å². The third-order valence-corrected chi connectivity index (χ3v) is 3.74. The number of benzene rings is 2. The van der Waals surface area contributed by atoms with E-state index < -0.39 is 47.0 Å². The minimum Gasteiger partial charge on any atom is -0.206 e. The van der Waals surface area contributed by atoms with E-state index in [4.69, 9.17) is 0 Å². The molecule has 0 saturated heterocycles. The van der Waals surface area contributed by atoms with Gasteiger partial charge in [-0.25, -0.2) is 4.39 Å². The summed E-state index contributed by atoms with van der Waals surface area (Å²) in [4.78, 5) is 0. The van der Waals surface area contributed by atoms with Gasteiger partial charge in [0.2, 0.25) is 0 Å². The molecule has 0 fully saturated rings. The summed E-state index contributed by atoms with van der Waals surface area (Å²) in [6.45, 7) is 0. The molecule has 0 radical (unpaired) electrons. The first-order valence-corrected chi connectivity index (χ1v) is 7.46. The molecule has 0 atom stereocenters. The van der Waals surface area contributed by atoms with E-state index >= 15 is 0 Å². The maximum atomic E-state index is 14.1. The smallest absolute Gasteiger partial charge is 0.206 e. The summed E-state index contributed by atoms with van der Waals surface area (Å²) in [6, 6.07) is 10.0. The molecule has 0 amide bonds. The Morgan fingerprint density at radius 1 is 0.643 bits per heavy atom. The number of hydrogen-bond acceptors (Lipinski definition) is 0. The summed E-state index contributed by atoms with van der Waals surface area (Å²) in [5.41, 5.74) is -1.95. The Kier molecular flexibility index (Phi) is 5.55. The third-order valence-electron chi connectivity index (χ3n) is 3.74. The van der Waals surface area contributed by atoms with Crippen LogP contribution in [0.1, 0.15) is 11.1 Å². The van der Waals surface area contributed by atoms with E-state index in [9.17, 15) is 43.9 Å². The van der Waals surface area contributed by atoms with Crippen molar-refractivity contribution in [2.75, 3.05) is 0 Å². The topological polar surface area (TPSA) is 0 Å². The van der Waals surface area contributed by atoms with E-state index in [0.717, 1.165) is 36.4 Å². The number of allylic oxidation sites excluding steroid dienone is 1. The minimum atomic E-state index is -7.03. The predicted molar refractivity (Wildman–Crippen MR) is 80.8 cm³/mol. The third kappa shape index (κ3) is 3.72. The average molecular weight is 416 g/mol. The van der Waals surface area contributed by atoms with Gasteiger partial charge >= 0.3 is 23.9 Å². The zero-order valence-corrected chi connectivity index (χ0v) is 13.6. The van der Waals surface area contributed by atoms with Crippen molar-refractivity contribution in [3.8, 4) is 0 Å². The summed E-state index contributed by atoms with van der Waals surface area (Å²) in [5.74, 6) is -21.0. The Bertz CT molecular complexity index is 850. The molecule has 0 aliphatic carbocycles. The predicted octanol–water partition coefficient (Wildman–Crippen LogP) is 6.73. The van der Waals surface area contributed by atoms with Crippen LogP contribution in [0.15, 0.2) is 60.7 Å². The first-order valence-electron chi connectivity index (χ1n) is 7.46. The SMILES string of the molecule is Fc1ccccc1/C(=C/C(F)(F)C(F)(F)C(F)(F)C(F)(F)F)c1ccccc1. The highest BCUT2D eigenvalue weighted by Gasteiger charge is 2.81. The van der Waals surface area contributed by atoms with E-state index in [-0.39, 0.29) is 5.56 Å². The van der Waals surface area contributed by atoms with Crippen molar-refractivity contribution in [1.82, 2.24) is 0 Å². The lowest BCUT2D eigenvalue weighted by Gasteiger charge is -2.32. The van der Waals surface area contributed by atoms with Crippen molar-refractivity contribution < 1.29 is 43.9 Å². The van der Waals surface area contributed by atoms with Gasteiger partial charge in [0, 0.05) is 5.56 Å². The molecular weight excluding hydrogens is 406 g/mol. The average Bonchev–Trinajstić information content (AvgIpc) is 2.60. The maximum Gasteiger partial charge on any atom is 0.460 e. The monoisotopic (exact) mass is 416 g/mol. The molecule has 152 valence electrons. The number of rotatable bonds is 5. The van der Waals surface area contributed by atoms with Crippen LogP contribution in [0.3, 0.4) is 0 Å². The summed E-state index contributed by atoms with van der Waals surface area (Å²) < 4.78 is 132. The molecule has 0 aliphatic rings. The van der Waals surface area contributed by atoms with Crippen LogP contribution in [0, 0.1) is 5.82 Å². The highest BCUT2D eigenvalue weighted by molar-refractivity contribution is 5.80. The van der Waals surface area contributed by atoms with Crippen LogP contribution in [0.25, 0.3) is 5.57 Å². The van der Waals surface area contributed by atoms with Gasteiger partial charge in [-0.2, -0.15) is 39.5 Å². The molecule has 2 aromatic carbocycles. The van der Waals surface area contributed by atoms with E-state index in [1.165, 1.54) is 18.2 Å². The van der Waals surface area contributed by atoms with Crippen molar-refractivity contribution in [3.05, 3.63) is 77.6 Å². The number of halogens is 10. The van der Waals surface area contributed by atoms with Gasteiger partial charge < -0.3 is 0 Å². The van der Waals surface area contributed by atoms with Crippen molar-refractivity contribution in [3.63, 3.8) is 0 Å². The Hall–Kier alpha value is -2.52. The number of hydrogen-bond donors (Lipinski definition) is 0. The molecule has 0 heterocycles. The molecule has 0 spiro atoms. The highest BCUT2D eigenvalue weighted by atomic mass is 19.4. The van der Waals surface area contributed by atoms with Gasteiger partial charge in [0.25, 0.3) is 0 Å². The van der Waals surface area contributed by atoms with Crippen LogP contribution in [-0.4, -0.2) is 23.9 Å². The fraction of sp³-hybridized carbons (Fsp3) is 0.222. The molecular formula is C18H10F10. The lowest BCUT2D eigenvalue weighted by Crippen LogP contribution is -2.60. The minimum absolute atomic E-state index is 0.293. The zero-order chi connectivity index (χ0) is 21.4. The lowest BCUT2D eigenvalue weighted by molar-refractivity contribution is -0.388. The van der Waals surface area contributed by atoms with E-state index in [1.807, 2.05) is 0 Å². The summed E-state index contributed by atoms with van der Waals surface area (Å²) in [5, 5.41) is 0. The molecule has 0 nitrogen and oxygen atoms in total. The molecule has 0 aromatic heterocycles. The molecule has 0 saturated carbocycles. The fourth-order valence-corrected chi connectivity index (χ4v) is 2.27. The van der Waals surface area contributed by atoms with Crippen LogP contribution >= 0.6 is 0 Å². The first-order chi connectivity index (χ1) is 12.7. The van der Waals surface area contributed by atoms with Crippen molar-refractivity contribution in [2.45, 2.75) is 23.9 Å². The van der Waals surface area contributed by atoms with E-state index in [0.29, 0.717) is 0 Å². The van der Waals surface area contributed by atoms with Crippen LogP contribution in [0.4, 0.5) is 43.9 Å². The second-order valence-electron chi connectivity index (χ2n) is 5.67. The zero-order valence-electron chi connectivity index (χ0n) is 13.6. The van der Waals surface area contributed by atoms with Gasteiger partial charge in [-0.1, -0.05) is 48.5 Å². The molecule has 10 heteroatoms. The molecule has 0 aliphatic heterocycles. The standard InChI is InChI=1S/C18H10F10/c19-14-9-5-4-8-12(14)13(11-6-2-1-3-7-11)10-15(20,21)16(22,23)17(24,25)18(26,27)28/h1-10H/b13-10+. The normalized spacial score (nSPS) is 14.3. The van der Waals surface area contributed by atoms with Crippen molar-refractivity contribution >= 4 is 5.57 Å². The van der Waals surface area contributed by atoms with Crippen LogP contribution in [-0.2, 0) is 0 Å². The first kappa shape index (κ1) is 21.8. The Balaban J connectivity index is 2.71. The molecule has 0 unspecified atom stereocenters. The second-order valence-corrected chi connectivity index (χ2v) is 5.67. The lowest BCUT2D eigenvalue weighted by atomic mass is 9.93. The van der Waals surface area contributed by atoms with Crippen LogP contribution in [0.2, 0.25) is 0 Å². The summed E-state index contributed by atoms with van der Waals surface area (Å²) in [7, 11) is 0. The molecule has 28 heavy (non-hydrogen) atoms. The van der Waals surface area contributed by atoms with Gasteiger partial charge in [0.05, 0.1) is 0 Å². The van der Waals surface area contributed by atoms with Gasteiger partial charge in [-0.3, -0.25) is 0 Å². The van der Waals surface area contributed by atoms with Gasteiger partial charge in [0.15, 0.2) is 0 Å². The van der Waals surface area contributed by atoms with E-state index in [2.05, 4.69) is 0 Å². The van der Waals surface area contributed by atoms with Gasteiger partial charge in [-0.05, 0) is 23.3 Å². The van der Waals surface area contributed by atoms with Crippen LogP contribution in [0.5, 0.6) is 0 Å². The largest absolute Gasteiger partial charge is 0.460 e. The molecule has 2 rings (SSSR count). The Labute approximate surface area is 152 Å². The summed E-state index contributed by atoms with van der Waals surface area (Å²) in [6.07, 6.45) is -7.71. The fourth-order valence-electron chi connectivity index (χ4n) is 2.27. The van der Waals surface area contributed by atoms with Crippen LogP contribution < -0.4 is 0 Å². The van der Waals surface area contributed by atoms with Gasteiger partial charge in [-0.15, -0.1) is 0 Å². The Morgan fingerprint density at radius 3 is 1.64 bits per heavy atom. The molecule has 2 aromatic rings. The second kappa shape index (κ2) is 7.14. The van der Waals surface area contributed by atoms with E-state index in [1.54, 1.807) is 0 Å². The molecule has 0 N–H and O–H groups in total. The Morgan fingerprint density at radius 2 is 1.14 bits per heavy atom. The number of alkyl halides is 9. The molecule has 0 bridgehead atoms.